The number of anilines is 1. The van der Waals surface area contributed by atoms with E-state index in [4.69, 9.17) is 0 Å². The second-order valence-corrected chi connectivity index (χ2v) is 5.39. The molecule has 1 aromatic carbocycles. The first-order chi connectivity index (χ1) is 10.1. The number of rotatable bonds is 3. The molecule has 1 saturated carbocycles. The molecule has 4 amide bonds. The van der Waals surface area contributed by atoms with Crippen LogP contribution in [0.3, 0.4) is 0 Å². The molecule has 1 aliphatic carbocycles. The maximum absolute atomic E-state index is 12.1. The third-order valence-corrected chi connectivity index (χ3v) is 3.92. The predicted molar refractivity (Wildman–Crippen MR) is 77.0 cm³/mol. The summed E-state index contributed by atoms with van der Waals surface area (Å²) in [5, 5.41) is 5.46. The third kappa shape index (κ3) is 2.74. The maximum atomic E-state index is 12.1. The van der Waals surface area contributed by atoms with Crippen molar-refractivity contribution in [1.82, 2.24) is 10.6 Å². The molecule has 6 heteroatoms. The molecule has 0 spiro atoms. The van der Waals surface area contributed by atoms with Crippen LogP contribution in [0.5, 0.6) is 0 Å². The Hall–Kier alpha value is -2.37. The summed E-state index contributed by atoms with van der Waals surface area (Å²) in [7, 11) is 0. The molecule has 0 radical (unpaired) electrons. The van der Waals surface area contributed by atoms with Gasteiger partial charge >= 0.3 is 6.03 Å². The minimum Gasteiger partial charge on any atom is -0.349 e. The van der Waals surface area contributed by atoms with Gasteiger partial charge in [0.15, 0.2) is 0 Å². The molecular weight excluding hydrogens is 270 g/mol. The van der Waals surface area contributed by atoms with E-state index in [9.17, 15) is 14.4 Å². The van der Waals surface area contributed by atoms with Crippen LogP contribution in [0.15, 0.2) is 24.3 Å². The highest BCUT2D eigenvalue weighted by atomic mass is 16.2. The van der Waals surface area contributed by atoms with Crippen LogP contribution in [-0.2, 0) is 4.79 Å². The number of nitrogens with one attached hydrogen (secondary N) is 2. The first-order valence-electron chi connectivity index (χ1n) is 7.17. The Kier molecular flexibility index (Phi) is 3.60. The van der Waals surface area contributed by atoms with Crippen molar-refractivity contribution in [3.63, 3.8) is 0 Å². The average Bonchev–Trinajstić information content (AvgIpc) is 3.09. The number of carbonyl (C=O) groups excluding carboxylic acids is 3. The number of hydrogen-bond acceptors (Lipinski definition) is 3. The van der Waals surface area contributed by atoms with Gasteiger partial charge in [-0.1, -0.05) is 12.8 Å². The van der Waals surface area contributed by atoms with Crippen LogP contribution in [0.4, 0.5) is 10.5 Å². The molecule has 0 aromatic heterocycles. The molecule has 0 unspecified atom stereocenters. The summed E-state index contributed by atoms with van der Waals surface area (Å²) in [6.07, 6.45) is 4.39. The molecule has 0 atom stereocenters. The van der Waals surface area contributed by atoms with Crippen LogP contribution in [0.25, 0.3) is 0 Å². The number of hydrogen-bond donors (Lipinski definition) is 2. The molecule has 6 nitrogen and oxygen atoms in total. The fourth-order valence-corrected chi connectivity index (χ4v) is 2.78. The predicted octanol–water partition coefficient (Wildman–Crippen LogP) is 1.42. The Morgan fingerprint density at radius 1 is 1.14 bits per heavy atom. The lowest BCUT2D eigenvalue weighted by Crippen LogP contribution is -2.33. The van der Waals surface area contributed by atoms with Gasteiger partial charge in [-0.2, -0.15) is 0 Å². The smallest absolute Gasteiger partial charge is 0.329 e. The minimum atomic E-state index is -0.428. The molecule has 2 fully saturated rings. The van der Waals surface area contributed by atoms with Gasteiger partial charge in [0.1, 0.15) is 0 Å². The van der Waals surface area contributed by atoms with Gasteiger partial charge in [0.25, 0.3) is 11.8 Å². The van der Waals surface area contributed by atoms with Crippen molar-refractivity contribution in [3.8, 4) is 0 Å². The highest BCUT2D eigenvalue weighted by Crippen LogP contribution is 2.20. The second-order valence-electron chi connectivity index (χ2n) is 5.39. The van der Waals surface area contributed by atoms with Gasteiger partial charge in [0.05, 0.1) is 12.2 Å². The number of nitrogens with zero attached hydrogens (tertiary/aromatic N) is 1. The Labute approximate surface area is 122 Å². The first-order valence-corrected chi connectivity index (χ1v) is 7.17. The van der Waals surface area contributed by atoms with Crippen molar-refractivity contribution in [2.45, 2.75) is 31.7 Å². The van der Waals surface area contributed by atoms with Gasteiger partial charge in [0.2, 0.25) is 0 Å². The number of benzene rings is 1. The Morgan fingerprint density at radius 2 is 1.81 bits per heavy atom. The van der Waals surface area contributed by atoms with Crippen LogP contribution < -0.4 is 15.5 Å². The topological polar surface area (TPSA) is 78.5 Å². The van der Waals surface area contributed by atoms with E-state index in [1.165, 1.54) is 0 Å². The van der Waals surface area contributed by atoms with Crippen molar-refractivity contribution >= 4 is 23.5 Å². The molecule has 1 heterocycles. The summed E-state index contributed by atoms with van der Waals surface area (Å²) in [4.78, 5) is 36.3. The molecule has 2 N–H and O–H groups in total. The summed E-state index contributed by atoms with van der Waals surface area (Å²) in [5.41, 5.74) is 1.02. The lowest BCUT2D eigenvalue weighted by atomic mass is 10.1. The number of urea groups is 1. The summed E-state index contributed by atoms with van der Waals surface area (Å²) in [5.74, 6) is -0.395. The molecule has 0 bridgehead atoms. The Bertz CT molecular complexity index is 560. The van der Waals surface area contributed by atoms with Gasteiger partial charge in [0, 0.05) is 11.6 Å². The quantitative estimate of drug-likeness (QED) is 0.825. The SMILES string of the molecule is O=C(NC1CCCC1)c1ccc(N2C(=O)CNC2=O)cc1. The molecule has 2 aliphatic rings. The average molecular weight is 287 g/mol. The van der Waals surface area contributed by atoms with Crippen LogP contribution in [-0.4, -0.2) is 30.4 Å². The maximum Gasteiger partial charge on any atom is 0.329 e. The Balaban J connectivity index is 1.70. The zero-order chi connectivity index (χ0) is 14.8. The van der Waals surface area contributed by atoms with E-state index >= 15 is 0 Å². The molecule has 21 heavy (non-hydrogen) atoms. The largest absolute Gasteiger partial charge is 0.349 e. The van der Waals surface area contributed by atoms with Crippen LogP contribution in [0.1, 0.15) is 36.0 Å². The fourth-order valence-electron chi connectivity index (χ4n) is 2.78. The van der Waals surface area contributed by atoms with Crippen molar-refractivity contribution in [1.29, 1.82) is 0 Å². The van der Waals surface area contributed by atoms with Crippen molar-refractivity contribution in [3.05, 3.63) is 29.8 Å². The third-order valence-electron chi connectivity index (χ3n) is 3.92. The van der Waals surface area contributed by atoms with E-state index in [0.29, 0.717) is 11.3 Å². The van der Waals surface area contributed by atoms with Gasteiger partial charge < -0.3 is 10.6 Å². The van der Waals surface area contributed by atoms with Gasteiger partial charge in [-0.25, -0.2) is 9.69 Å². The van der Waals surface area contributed by atoms with Crippen molar-refractivity contribution in [2.24, 2.45) is 0 Å². The molecule has 3 rings (SSSR count). The van der Waals surface area contributed by atoms with Gasteiger partial charge in [-0.05, 0) is 37.1 Å². The second kappa shape index (κ2) is 5.55. The van der Waals surface area contributed by atoms with Crippen LogP contribution in [0, 0.1) is 0 Å². The monoisotopic (exact) mass is 287 g/mol. The summed E-state index contributed by atoms with van der Waals surface area (Å²) < 4.78 is 0. The zero-order valence-electron chi connectivity index (χ0n) is 11.6. The first kappa shape index (κ1) is 13.6. The lowest BCUT2D eigenvalue weighted by molar-refractivity contribution is -0.115. The zero-order valence-corrected chi connectivity index (χ0v) is 11.6. The van der Waals surface area contributed by atoms with Crippen molar-refractivity contribution < 1.29 is 14.4 Å². The van der Waals surface area contributed by atoms with E-state index < -0.39 is 6.03 Å². The minimum absolute atomic E-state index is 0.0166. The van der Waals surface area contributed by atoms with E-state index in [1.807, 2.05) is 0 Å². The molecule has 1 aromatic rings. The molecule has 110 valence electrons. The van der Waals surface area contributed by atoms with E-state index in [0.717, 1.165) is 30.6 Å². The van der Waals surface area contributed by atoms with Gasteiger partial charge in [-0.15, -0.1) is 0 Å². The highest BCUT2D eigenvalue weighted by molar-refractivity contribution is 6.19. The lowest BCUT2D eigenvalue weighted by Gasteiger charge is -2.14. The highest BCUT2D eigenvalue weighted by Gasteiger charge is 2.29. The number of amides is 4. The van der Waals surface area contributed by atoms with Gasteiger partial charge in [-0.3, -0.25) is 9.59 Å². The molecule has 1 saturated heterocycles. The molecule has 1 aliphatic heterocycles. The summed E-state index contributed by atoms with van der Waals surface area (Å²) in [6, 6.07) is 6.35. The number of carbonyl (C=O) groups is 3. The standard InChI is InChI=1S/C15H17N3O3/c19-13-9-16-15(21)18(13)12-7-5-10(6-8-12)14(20)17-11-3-1-2-4-11/h5-8,11H,1-4,9H2,(H,16,21)(H,17,20). The van der Waals surface area contributed by atoms with E-state index in [1.54, 1.807) is 24.3 Å². The van der Waals surface area contributed by atoms with Crippen LogP contribution >= 0.6 is 0 Å². The molecular formula is C15H17N3O3. The summed E-state index contributed by atoms with van der Waals surface area (Å²) in [6.45, 7) is 0.0166. The fraction of sp³-hybridized carbons (Fsp3) is 0.400. The summed E-state index contributed by atoms with van der Waals surface area (Å²) >= 11 is 0. The van der Waals surface area contributed by atoms with E-state index in [-0.39, 0.29) is 24.4 Å². The Morgan fingerprint density at radius 3 is 2.38 bits per heavy atom. The van der Waals surface area contributed by atoms with E-state index in [2.05, 4.69) is 10.6 Å². The van der Waals surface area contributed by atoms with Crippen molar-refractivity contribution in [2.75, 3.05) is 11.4 Å². The van der Waals surface area contributed by atoms with Crippen LogP contribution in [0.2, 0.25) is 0 Å². The normalized spacial score (nSPS) is 19.0. The number of imide groups is 1.